The maximum Gasteiger partial charge on any atom is -0.00110 e. The monoisotopic (exact) mass is 372 g/mol. The highest BCUT2D eigenvalue weighted by atomic mass is 14.9. The van der Waals surface area contributed by atoms with Gasteiger partial charge in [0.05, 0.1) is 0 Å². The van der Waals surface area contributed by atoms with Gasteiger partial charge in [0.25, 0.3) is 0 Å². The largest absolute Gasteiger partial charge is 0.320 e. The van der Waals surface area contributed by atoms with E-state index in [-0.39, 0.29) is 0 Å². The number of hydrogen-bond donors (Lipinski definition) is 6. The van der Waals surface area contributed by atoms with E-state index < -0.39 is 0 Å². The first-order valence-electron chi connectivity index (χ1n) is 10.9. The van der Waals surface area contributed by atoms with Gasteiger partial charge in [0.2, 0.25) is 0 Å². The molecule has 0 aromatic rings. The Morgan fingerprint density at radius 1 is 0.462 bits per heavy atom. The highest BCUT2D eigenvalue weighted by Crippen LogP contribution is 1.92. The average molecular weight is 373 g/mol. The highest BCUT2D eigenvalue weighted by molar-refractivity contribution is 4.61. The Morgan fingerprint density at radius 3 is 1.19 bits per heavy atom. The van der Waals surface area contributed by atoms with Crippen LogP contribution in [0.5, 0.6) is 0 Å². The van der Waals surface area contributed by atoms with Crippen LogP contribution in [0.1, 0.15) is 45.4 Å². The summed E-state index contributed by atoms with van der Waals surface area (Å²) in [5.74, 6) is 0.703. The Bertz CT molecular complexity index is 228. The van der Waals surface area contributed by atoms with E-state index >= 15 is 0 Å². The topological polar surface area (TPSA) is 72.2 Å². The summed E-state index contributed by atoms with van der Waals surface area (Å²) in [6.45, 7) is 13.6. The summed E-state index contributed by atoms with van der Waals surface area (Å²) in [6.07, 6.45) is 7.49. The third-order valence-electron chi connectivity index (χ3n) is 4.46. The first-order valence-corrected chi connectivity index (χ1v) is 10.9. The van der Waals surface area contributed by atoms with Gasteiger partial charge in [-0.15, -0.1) is 0 Å². The van der Waals surface area contributed by atoms with E-state index in [1.165, 1.54) is 38.5 Å². The van der Waals surface area contributed by atoms with Crippen molar-refractivity contribution >= 4 is 0 Å². The maximum atomic E-state index is 3.59. The van der Waals surface area contributed by atoms with Gasteiger partial charge in [0.1, 0.15) is 0 Å². The third kappa shape index (κ3) is 21.8. The molecule has 0 aromatic heterocycles. The van der Waals surface area contributed by atoms with Crippen LogP contribution in [0, 0.1) is 5.92 Å². The molecule has 0 aliphatic heterocycles. The van der Waals surface area contributed by atoms with Crippen molar-refractivity contribution in [3.63, 3.8) is 0 Å². The molecule has 0 bridgehead atoms. The molecule has 0 heterocycles. The molecule has 6 N–H and O–H groups in total. The van der Waals surface area contributed by atoms with E-state index in [4.69, 9.17) is 0 Å². The average Bonchev–Trinajstić information content (AvgIpc) is 2.64. The molecule has 0 rings (SSSR count). The second-order valence-electron chi connectivity index (χ2n) is 7.34. The first-order chi connectivity index (χ1) is 12.8. The van der Waals surface area contributed by atoms with Crippen LogP contribution in [0.2, 0.25) is 0 Å². The molecule has 0 saturated carbocycles. The zero-order valence-electron chi connectivity index (χ0n) is 17.9. The Hall–Kier alpha value is -0.240. The highest BCUT2D eigenvalue weighted by Gasteiger charge is 2.00. The van der Waals surface area contributed by atoms with Gasteiger partial charge in [-0.05, 0) is 124 Å². The van der Waals surface area contributed by atoms with E-state index in [2.05, 4.69) is 38.8 Å². The van der Waals surface area contributed by atoms with Crippen molar-refractivity contribution in [2.75, 3.05) is 79.5 Å². The summed E-state index contributed by atoms with van der Waals surface area (Å²) in [7, 11) is 4.02. The van der Waals surface area contributed by atoms with Crippen LogP contribution >= 0.6 is 0 Å². The quantitative estimate of drug-likeness (QED) is 0.158. The fraction of sp³-hybridized carbons (Fsp3) is 1.00. The number of nitrogens with one attached hydrogen (secondary N) is 6. The SMILES string of the molecule is CNCCCNCCCCNCC(C)CNCCCCNCCCNC. The number of hydrogen-bond acceptors (Lipinski definition) is 6. The van der Waals surface area contributed by atoms with Gasteiger partial charge in [0.15, 0.2) is 0 Å². The minimum absolute atomic E-state index is 0.703. The fourth-order valence-electron chi connectivity index (χ4n) is 2.80. The van der Waals surface area contributed by atoms with E-state index in [1.807, 2.05) is 14.1 Å². The molecule has 0 aliphatic rings. The van der Waals surface area contributed by atoms with Gasteiger partial charge in [-0.1, -0.05) is 6.92 Å². The van der Waals surface area contributed by atoms with Crippen molar-refractivity contribution in [3.05, 3.63) is 0 Å². The van der Waals surface area contributed by atoms with Crippen LogP contribution in [-0.2, 0) is 0 Å². The van der Waals surface area contributed by atoms with Gasteiger partial charge >= 0.3 is 0 Å². The summed E-state index contributed by atoms with van der Waals surface area (Å²) in [4.78, 5) is 0. The lowest BCUT2D eigenvalue weighted by molar-refractivity contribution is 0.459. The van der Waals surface area contributed by atoms with Crippen LogP contribution < -0.4 is 31.9 Å². The number of rotatable bonds is 22. The van der Waals surface area contributed by atoms with Crippen molar-refractivity contribution in [1.29, 1.82) is 0 Å². The smallest absolute Gasteiger partial charge is 0.00110 e. The normalized spacial score (nSPS) is 11.5. The summed E-state index contributed by atoms with van der Waals surface area (Å²) < 4.78 is 0. The second kappa shape index (κ2) is 22.8. The maximum absolute atomic E-state index is 3.59. The van der Waals surface area contributed by atoms with Crippen LogP contribution in [-0.4, -0.2) is 79.5 Å². The number of unbranched alkanes of at least 4 members (excludes halogenated alkanes) is 2. The summed E-state index contributed by atoms with van der Waals surface area (Å²) >= 11 is 0. The molecule has 0 saturated heterocycles. The molecule has 0 atom stereocenters. The van der Waals surface area contributed by atoms with Gasteiger partial charge in [-0.3, -0.25) is 0 Å². The lowest BCUT2D eigenvalue weighted by atomic mass is 10.1. The lowest BCUT2D eigenvalue weighted by Crippen LogP contribution is -2.31. The molecule has 6 nitrogen and oxygen atoms in total. The molecule has 0 fully saturated rings. The molecule has 0 amide bonds. The Balaban J connectivity index is 3.12. The Morgan fingerprint density at radius 2 is 0.808 bits per heavy atom. The zero-order chi connectivity index (χ0) is 19.1. The first kappa shape index (κ1) is 25.8. The van der Waals surface area contributed by atoms with Crippen LogP contribution in [0.3, 0.4) is 0 Å². The van der Waals surface area contributed by atoms with Crippen molar-refractivity contribution in [2.45, 2.75) is 45.4 Å². The predicted octanol–water partition coefficient (Wildman–Crippen LogP) is 0.760. The standard InChI is InChI=1S/C20H48N6/c1-20(18-25-14-6-4-12-23-16-8-10-21-2)19-26-15-7-5-13-24-17-9-11-22-3/h20-26H,4-19H2,1-3H3. The molecule has 0 spiro atoms. The Kier molecular flexibility index (Phi) is 22.6. The summed E-state index contributed by atoms with van der Waals surface area (Å²) in [5, 5.41) is 20.5. The fourth-order valence-corrected chi connectivity index (χ4v) is 2.80. The molecule has 26 heavy (non-hydrogen) atoms. The molecule has 0 unspecified atom stereocenters. The van der Waals surface area contributed by atoms with Crippen molar-refractivity contribution in [2.24, 2.45) is 5.92 Å². The second-order valence-corrected chi connectivity index (χ2v) is 7.34. The summed E-state index contributed by atoms with van der Waals surface area (Å²) in [6, 6.07) is 0. The van der Waals surface area contributed by atoms with Gasteiger partial charge in [0, 0.05) is 0 Å². The van der Waals surface area contributed by atoms with Crippen LogP contribution in [0.15, 0.2) is 0 Å². The van der Waals surface area contributed by atoms with Gasteiger partial charge in [-0.25, -0.2) is 0 Å². The lowest BCUT2D eigenvalue weighted by Gasteiger charge is -2.14. The molecule has 158 valence electrons. The van der Waals surface area contributed by atoms with Crippen molar-refractivity contribution in [1.82, 2.24) is 31.9 Å². The minimum Gasteiger partial charge on any atom is -0.320 e. The molecule has 6 heteroatoms. The molecule has 0 radical (unpaired) electrons. The van der Waals surface area contributed by atoms with Gasteiger partial charge < -0.3 is 31.9 Å². The minimum atomic E-state index is 0.703. The van der Waals surface area contributed by atoms with E-state index in [0.717, 1.165) is 65.4 Å². The van der Waals surface area contributed by atoms with E-state index in [9.17, 15) is 0 Å². The summed E-state index contributed by atoms with van der Waals surface area (Å²) in [5.41, 5.74) is 0. The van der Waals surface area contributed by atoms with Crippen LogP contribution in [0.25, 0.3) is 0 Å². The van der Waals surface area contributed by atoms with Gasteiger partial charge in [-0.2, -0.15) is 0 Å². The van der Waals surface area contributed by atoms with E-state index in [1.54, 1.807) is 0 Å². The van der Waals surface area contributed by atoms with Crippen LogP contribution in [0.4, 0.5) is 0 Å². The molecular weight excluding hydrogens is 324 g/mol. The third-order valence-corrected chi connectivity index (χ3v) is 4.46. The Labute approximate surface area is 163 Å². The zero-order valence-corrected chi connectivity index (χ0v) is 17.9. The predicted molar refractivity (Wildman–Crippen MR) is 116 cm³/mol. The molecule has 0 aliphatic carbocycles. The molecular formula is C20H48N6. The molecule has 0 aromatic carbocycles. The van der Waals surface area contributed by atoms with Crippen molar-refractivity contribution < 1.29 is 0 Å². The van der Waals surface area contributed by atoms with Crippen molar-refractivity contribution in [3.8, 4) is 0 Å². The van der Waals surface area contributed by atoms with E-state index in [0.29, 0.717) is 5.92 Å².